The highest BCUT2D eigenvalue weighted by Gasteiger charge is 2.48. The average Bonchev–Trinajstić information content (AvgIpc) is 3.43. The second-order valence-electron chi connectivity index (χ2n) is 9.73. The van der Waals surface area contributed by atoms with Crippen LogP contribution in [-0.2, 0) is 19.2 Å². The number of carboxylic acid groups (broad SMARTS) is 1. The van der Waals surface area contributed by atoms with Gasteiger partial charge in [0.2, 0.25) is 11.8 Å². The van der Waals surface area contributed by atoms with Crippen molar-refractivity contribution in [2.24, 2.45) is 10.9 Å². The summed E-state index contributed by atoms with van der Waals surface area (Å²) in [4.78, 5) is 57.3. The number of halogens is 3. The molecule has 0 bridgehead atoms. The van der Waals surface area contributed by atoms with Gasteiger partial charge in [0.25, 0.3) is 5.91 Å². The summed E-state index contributed by atoms with van der Waals surface area (Å²) in [6, 6.07) is -2.45. The van der Waals surface area contributed by atoms with Crippen LogP contribution in [0.15, 0.2) is 4.99 Å². The Balaban J connectivity index is 2.30. The van der Waals surface area contributed by atoms with E-state index >= 15 is 0 Å². The van der Waals surface area contributed by atoms with Crippen molar-refractivity contribution in [2.75, 3.05) is 20.1 Å². The van der Waals surface area contributed by atoms with E-state index in [0.717, 1.165) is 24.7 Å². The lowest BCUT2D eigenvalue weighted by Crippen LogP contribution is -2.59. The average molecular weight is 505 g/mol. The van der Waals surface area contributed by atoms with Gasteiger partial charge in [-0.2, -0.15) is 13.2 Å². The van der Waals surface area contributed by atoms with E-state index in [2.05, 4.69) is 10.3 Å². The fourth-order valence-corrected chi connectivity index (χ4v) is 4.89. The molecule has 12 heteroatoms. The lowest BCUT2D eigenvalue weighted by atomic mass is 9.93. The standard InChI is InChI=1S/C23H35F3N4O5/c1-14(2)18(19(33)27-16(13-17(31)32)20(34)30-11-7-8-12-30)29(4)21(35)22(9-5-6-10-22)28-15(3)23(24,25)26/h14,16,18H,5-13H2,1-4H3,(H,27,33)(H,31,32)/t16-,18?/m0/s1. The number of amides is 3. The van der Waals surface area contributed by atoms with Crippen LogP contribution in [0.25, 0.3) is 0 Å². The molecule has 2 rings (SSSR count). The minimum Gasteiger partial charge on any atom is -0.481 e. The maximum atomic E-state index is 13.5. The summed E-state index contributed by atoms with van der Waals surface area (Å²) in [6.45, 7) is 5.08. The Morgan fingerprint density at radius 3 is 2.09 bits per heavy atom. The summed E-state index contributed by atoms with van der Waals surface area (Å²) in [7, 11) is 1.33. The number of nitrogens with one attached hydrogen (secondary N) is 1. The van der Waals surface area contributed by atoms with Crippen LogP contribution in [0.4, 0.5) is 13.2 Å². The Labute approximate surface area is 203 Å². The number of hydrogen-bond donors (Lipinski definition) is 2. The van der Waals surface area contributed by atoms with E-state index in [0.29, 0.717) is 25.9 Å². The molecule has 0 aromatic rings. The number of aliphatic imine (C=N–C) groups is 1. The van der Waals surface area contributed by atoms with Crippen LogP contribution in [0.1, 0.15) is 65.7 Å². The minimum absolute atomic E-state index is 0.130. The largest absolute Gasteiger partial charge is 0.481 e. The van der Waals surface area contributed by atoms with Gasteiger partial charge in [-0.25, -0.2) is 0 Å². The number of alkyl halides is 3. The van der Waals surface area contributed by atoms with Crippen LogP contribution in [0.5, 0.6) is 0 Å². The molecule has 1 aliphatic carbocycles. The van der Waals surface area contributed by atoms with E-state index in [1.807, 2.05) is 0 Å². The van der Waals surface area contributed by atoms with Crippen molar-refractivity contribution in [3.05, 3.63) is 0 Å². The summed E-state index contributed by atoms with van der Waals surface area (Å²) in [6.07, 6.45) is -2.42. The third-order valence-corrected chi connectivity index (χ3v) is 6.67. The molecule has 198 valence electrons. The van der Waals surface area contributed by atoms with Crippen LogP contribution in [0, 0.1) is 5.92 Å². The van der Waals surface area contributed by atoms with Crippen LogP contribution in [-0.4, -0.2) is 88.2 Å². The first kappa shape index (κ1) is 28.6. The molecule has 0 radical (unpaired) electrons. The zero-order valence-corrected chi connectivity index (χ0v) is 20.7. The number of rotatable bonds is 9. The highest BCUT2D eigenvalue weighted by Crippen LogP contribution is 2.37. The van der Waals surface area contributed by atoms with Crippen LogP contribution in [0.2, 0.25) is 0 Å². The Kier molecular flexibility index (Phi) is 9.29. The number of likely N-dealkylation sites (N-methyl/N-ethyl adjacent to an activating group) is 1. The lowest BCUT2D eigenvalue weighted by molar-refractivity contribution is -0.147. The number of hydrogen-bond acceptors (Lipinski definition) is 5. The van der Waals surface area contributed by atoms with E-state index in [9.17, 15) is 37.5 Å². The van der Waals surface area contributed by atoms with Crippen molar-refractivity contribution < 1.29 is 37.5 Å². The summed E-state index contributed by atoms with van der Waals surface area (Å²) in [5.41, 5.74) is -2.72. The molecule has 1 saturated carbocycles. The van der Waals surface area contributed by atoms with Gasteiger partial charge in [0, 0.05) is 20.1 Å². The molecule has 0 aromatic heterocycles. The molecule has 2 N–H and O–H groups in total. The second kappa shape index (κ2) is 11.4. The van der Waals surface area contributed by atoms with Crippen molar-refractivity contribution in [1.82, 2.24) is 15.1 Å². The van der Waals surface area contributed by atoms with Gasteiger partial charge >= 0.3 is 12.1 Å². The molecule has 1 aliphatic heterocycles. The van der Waals surface area contributed by atoms with Crippen molar-refractivity contribution >= 4 is 29.4 Å². The Bertz CT molecular complexity index is 847. The minimum atomic E-state index is -4.68. The number of carbonyl (C=O) groups is 4. The molecule has 2 atom stereocenters. The SMILES string of the molecule is CC(=NC1(C(=O)N(C)C(C(=O)N[C@@H](CC(=O)O)C(=O)N2CCCC2)C(C)C)CCCC1)C(F)(F)F. The highest BCUT2D eigenvalue weighted by atomic mass is 19.4. The summed E-state index contributed by atoms with van der Waals surface area (Å²) >= 11 is 0. The maximum absolute atomic E-state index is 13.5. The van der Waals surface area contributed by atoms with Gasteiger partial charge in [0.15, 0.2) is 0 Å². The Morgan fingerprint density at radius 2 is 1.63 bits per heavy atom. The fourth-order valence-electron chi connectivity index (χ4n) is 4.89. The first-order valence-corrected chi connectivity index (χ1v) is 11.9. The number of likely N-dealkylation sites (tertiary alicyclic amines) is 1. The third kappa shape index (κ3) is 6.94. The Hall–Kier alpha value is -2.66. The third-order valence-electron chi connectivity index (χ3n) is 6.67. The molecular weight excluding hydrogens is 469 g/mol. The van der Waals surface area contributed by atoms with Crippen molar-refractivity contribution in [3.63, 3.8) is 0 Å². The molecule has 35 heavy (non-hydrogen) atoms. The van der Waals surface area contributed by atoms with Gasteiger partial charge in [0.1, 0.15) is 23.3 Å². The van der Waals surface area contributed by atoms with Gasteiger partial charge in [-0.05, 0) is 38.5 Å². The lowest BCUT2D eigenvalue weighted by Gasteiger charge is -2.36. The topological polar surface area (TPSA) is 119 Å². The zero-order valence-electron chi connectivity index (χ0n) is 20.7. The molecule has 2 fully saturated rings. The summed E-state index contributed by atoms with van der Waals surface area (Å²) in [5.74, 6) is -3.68. The monoisotopic (exact) mass is 504 g/mol. The second-order valence-corrected chi connectivity index (χ2v) is 9.73. The van der Waals surface area contributed by atoms with Crippen molar-refractivity contribution in [3.8, 4) is 0 Å². The van der Waals surface area contributed by atoms with E-state index < -0.39 is 65.5 Å². The van der Waals surface area contributed by atoms with Crippen LogP contribution < -0.4 is 5.32 Å². The molecular formula is C23H35F3N4O5. The van der Waals surface area contributed by atoms with Crippen LogP contribution in [0.3, 0.4) is 0 Å². The van der Waals surface area contributed by atoms with E-state index in [4.69, 9.17) is 0 Å². The number of aliphatic carboxylic acids is 1. The normalized spacial score (nSPS) is 20.0. The van der Waals surface area contributed by atoms with E-state index in [-0.39, 0.29) is 12.8 Å². The van der Waals surface area contributed by atoms with Crippen molar-refractivity contribution in [1.29, 1.82) is 0 Å². The first-order chi connectivity index (χ1) is 16.2. The predicted octanol–water partition coefficient (Wildman–Crippen LogP) is 2.39. The highest BCUT2D eigenvalue weighted by molar-refractivity contribution is 5.97. The van der Waals surface area contributed by atoms with Gasteiger partial charge in [0.05, 0.1) is 6.42 Å². The van der Waals surface area contributed by atoms with Gasteiger partial charge in [-0.1, -0.05) is 26.7 Å². The van der Waals surface area contributed by atoms with Gasteiger partial charge in [-0.15, -0.1) is 0 Å². The molecule has 1 heterocycles. The molecule has 1 saturated heterocycles. The molecule has 2 aliphatic rings. The van der Waals surface area contributed by atoms with Crippen LogP contribution >= 0.6 is 0 Å². The number of carbonyl (C=O) groups excluding carboxylic acids is 3. The molecule has 9 nitrogen and oxygen atoms in total. The number of carboxylic acids is 1. The number of nitrogens with zero attached hydrogens (tertiary/aromatic N) is 3. The molecule has 0 aromatic carbocycles. The van der Waals surface area contributed by atoms with Gasteiger partial charge in [-0.3, -0.25) is 24.2 Å². The first-order valence-electron chi connectivity index (χ1n) is 11.9. The fraction of sp³-hybridized carbons (Fsp3) is 0.783. The molecule has 0 spiro atoms. The summed E-state index contributed by atoms with van der Waals surface area (Å²) < 4.78 is 39.6. The predicted molar refractivity (Wildman–Crippen MR) is 122 cm³/mol. The zero-order chi connectivity index (χ0) is 26.6. The molecule has 1 unspecified atom stereocenters. The summed E-state index contributed by atoms with van der Waals surface area (Å²) in [5, 5.41) is 11.8. The Morgan fingerprint density at radius 1 is 1.09 bits per heavy atom. The van der Waals surface area contributed by atoms with E-state index in [1.54, 1.807) is 13.8 Å². The molecule has 3 amide bonds. The van der Waals surface area contributed by atoms with Gasteiger partial charge < -0.3 is 20.2 Å². The smallest absolute Gasteiger partial charge is 0.428 e. The van der Waals surface area contributed by atoms with E-state index in [1.165, 1.54) is 11.9 Å². The maximum Gasteiger partial charge on any atom is 0.428 e. The van der Waals surface area contributed by atoms with Crippen molar-refractivity contribution in [2.45, 2.75) is 89.5 Å². The quantitative estimate of drug-likeness (QED) is 0.468.